The first-order chi connectivity index (χ1) is 9.75. The summed E-state index contributed by atoms with van der Waals surface area (Å²) in [4.78, 5) is 11.9. The Bertz CT molecular complexity index is 659. The predicted molar refractivity (Wildman–Crippen MR) is 76.0 cm³/mol. The second-order valence-electron chi connectivity index (χ2n) is 5.89. The van der Waals surface area contributed by atoms with Gasteiger partial charge in [0, 0.05) is 17.2 Å². The maximum atomic E-state index is 13.1. The molecule has 0 aliphatic rings. The molecule has 0 bridgehead atoms. The number of aromatic nitrogens is 2. The van der Waals surface area contributed by atoms with Gasteiger partial charge in [-0.2, -0.15) is 5.10 Å². The lowest BCUT2D eigenvalue weighted by molar-refractivity contribution is -0.115. The third-order valence-corrected chi connectivity index (χ3v) is 3.00. The first-order valence-corrected chi connectivity index (χ1v) is 6.55. The van der Waals surface area contributed by atoms with E-state index in [1.165, 1.54) is 6.07 Å². The lowest BCUT2D eigenvalue weighted by Crippen LogP contribution is -2.15. The number of hydrogen-bond acceptors (Lipinski definition) is 2. The Morgan fingerprint density at radius 2 is 1.95 bits per heavy atom. The molecule has 6 heteroatoms. The molecule has 0 fully saturated rings. The van der Waals surface area contributed by atoms with Crippen molar-refractivity contribution in [2.24, 2.45) is 0 Å². The summed E-state index contributed by atoms with van der Waals surface area (Å²) in [6.07, 6.45) is -0.0467. The summed E-state index contributed by atoms with van der Waals surface area (Å²) in [5.74, 6) is -1.82. The summed E-state index contributed by atoms with van der Waals surface area (Å²) in [5.41, 5.74) is 1.19. The summed E-state index contributed by atoms with van der Waals surface area (Å²) < 4.78 is 25.9. The Morgan fingerprint density at radius 1 is 1.24 bits per heavy atom. The summed E-state index contributed by atoms with van der Waals surface area (Å²) in [7, 11) is 0. The summed E-state index contributed by atoms with van der Waals surface area (Å²) in [6, 6.07) is 5.15. The molecule has 0 unspecified atom stereocenters. The van der Waals surface area contributed by atoms with Gasteiger partial charge >= 0.3 is 0 Å². The van der Waals surface area contributed by atoms with Gasteiger partial charge < -0.3 is 5.32 Å². The van der Waals surface area contributed by atoms with Crippen LogP contribution in [0.15, 0.2) is 24.3 Å². The molecule has 0 saturated heterocycles. The third-order valence-electron chi connectivity index (χ3n) is 3.00. The number of rotatable bonds is 3. The predicted octanol–water partition coefficient (Wildman–Crippen LogP) is 3.17. The van der Waals surface area contributed by atoms with Gasteiger partial charge in [0.15, 0.2) is 17.5 Å². The Balaban J connectivity index is 2.01. The van der Waals surface area contributed by atoms with E-state index in [0.29, 0.717) is 11.4 Å². The molecule has 2 aromatic rings. The highest BCUT2D eigenvalue weighted by molar-refractivity contribution is 5.91. The number of nitrogens with one attached hydrogen (secondary N) is 2. The van der Waals surface area contributed by atoms with Crippen LogP contribution in [0.5, 0.6) is 0 Å². The number of anilines is 1. The monoisotopic (exact) mass is 293 g/mol. The van der Waals surface area contributed by atoms with Gasteiger partial charge in [-0.15, -0.1) is 0 Å². The number of halogens is 2. The van der Waals surface area contributed by atoms with Crippen molar-refractivity contribution in [3.8, 4) is 0 Å². The van der Waals surface area contributed by atoms with Crippen LogP contribution in [0, 0.1) is 11.6 Å². The van der Waals surface area contributed by atoms with E-state index < -0.39 is 11.6 Å². The van der Waals surface area contributed by atoms with E-state index in [9.17, 15) is 13.6 Å². The van der Waals surface area contributed by atoms with Crippen LogP contribution in [-0.4, -0.2) is 16.1 Å². The van der Waals surface area contributed by atoms with Crippen LogP contribution in [0.3, 0.4) is 0 Å². The van der Waals surface area contributed by atoms with Gasteiger partial charge in [0.1, 0.15) is 0 Å². The van der Waals surface area contributed by atoms with Crippen LogP contribution >= 0.6 is 0 Å². The van der Waals surface area contributed by atoms with Crippen molar-refractivity contribution in [2.75, 3.05) is 5.32 Å². The van der Waals surface area contributed by atoms with Gasteiger partial charge in [0.05, 0.1) is 6.42 Å². The molecular weight excluding hydrogens is 276 g/mol. The highest BCUT2D eigenvalue weighted by Gasteiger charge is 2.17. The van der Waals surface area contributed by atoms with Crippen LogP contribution in [0.2, 0.25) is 0 Å². The van der Waals surface area contributed by atoms with Gasteiger partial charge in [-0.1, -0.05) is 26.8 Å². The summed E-state index contributed by atoms with van der Waals surface area (Å²) in [6.45, 7) is 6.06. The normalized spacial score (nSPS) is 11.5. The molecule has 1 aromatic carbocycles. The molecule has 0 spiro atoms. The molecule has 2 rings (SSSR count). The maximum absolute atomic E-state index is 13.1. The molecule has 0 saturated carbocycles. The van der Waals surface area contributed by atoms with Crippen molar-refractivity contribution in [1.82, 2.24) is 10.2 Å². The number of carbonyl (C=O) groups excluding carboxylic acids is 1. The largest absolute Gasteiger partial charge is 0.309 e. The molecule has 1 heterocycles. The number of benzene rings is 1. The minimum absolute atomic E-state index is 0.0467. The zero-order chi connectivity index (χ0) is 15.6. The standard InChI is InChI=1S/C15H17F2N3O/c1-15(2,3)12-8-13(20-19-12)18-14(21)7-9-4-5-10(16)11(17)6-9/h4-6,8H,7H2,1-3H3,(H2,18,19,20,21). The Kier molecular flexibility index (Phi) is 4.06. The molecule has 0 radical (unpaired) electrons. The van der Waals surface area contributed by atoms with E-state index in [4.69, 9.17) is 0 Å². The molecule has 0 aliphatic carbocycles. The maximum Gasteiger partial charge on any atom is 0.229 e. The molecule has 112 valence electrons. The van der Waals surface area contributed by atoms with Crippen LogP contribution in [0.25, 0.3) is 0 Å². The van der Waals surface area contributed by atoms with Crippen molar-refractivity contribution in [3.63, 3.8) is 0 Å². The third kappa shape index (κ3) is 3.87. The molecule has 0 atom stereocenters. The quantitative estimate of drug-likeness (QED) is 0.913. The zero-order valence-electron chi connectivity index (χ0n) is 12.1. The molecule has 2 N–H and O–H groups in total. The molecule has 21 heavy (non-hydrogen) atoms. The van der Waals surface area contributed by atoms with Crippen LogP contribution in [0.1, 0.15) is 32.0 Å². The fraction of sp³-hybridized carbons (Fsp3) is 0.333. The fourth-order valence-corrected chi connectivity index (χ4v) is 1.79. The van der Waals surface area contributed by atoms with Crippen molar-refractivity contribution in [1.29, 1.82) is 0 Å². The van der Waals surface area contributed by atoms with E-state index in [1.807, 2.05) is 20.8 Å². The fourth-order valence-electron chi connectivity index (χ4n) is 1.79. The SMILES string of the molecule is CC(C)(C)c1cc(NC(=O)Cc2ccc(F)c(F)c2)n[nH]1. The second-order valence-corrected chi connectivity index (χ2v) is 5.89. The van der Waals surface area contributed by atoms with Crippen molar-refractivity contribution in [3.05, 3.63) is 47.2 Å². The number of nitrogens with zero attached hydrogens (tertiary/aromatic N) is 1. The Hall–Kier alpha value is -2.24. The molecule has 1 amide bonds. The smallest absolute Gasteiger partial charge is 0.229 e. The molecule has 1 aromatic heterocycles. The lowest BCUT2D eigenvalue weighted by atomic mass is 9.92. The zero-order valence-corrected chi connectivity index (χ0v) is 12.1. The number of hydrogen-bond donors (Lipinski definition) is 2. The van der Waals surface area contributed by atoms with E-state index in [-0.39, 0.29) is 17.7 Å². The number of amides is 1. The molecular formula is C15H17F2N3O. The molecule has 4 nitrogen and oxygen atoms in total. The first-order valence-electron chi connectivity index (χ1n) is 6.55. The molecule has 0 aliphatic heterocycles. The number of H-pyrrole nitrogens is 1. The average molecular weight is 293 g/mol. The van der Waals surface area contributed by atoms with Gasteiger partial charge in [0.2, 0.25) is 5.91 Å². The summed E-state index contributed by atoms with van der Waals surface area (Å²) in [5, 5.41) is 9.48. The van der Waals surface area contributed by atoms with Crippen molar-refractivity contribution >= 4 is 11.7 Å². The van der Waals surface area contributed by atoms with Crippen LogP contribution in [0.4, 0.5) is 14.6 Å². The summed E-state index contributed by atoms with van der Waals surface area (Å²) >= 11 is 0. The Labute approximate surface area is 121 Å². The average Bonchev–Trinajstić information content (AvgIpc) is 2.82. The lowest BCUT2D eigenvalue weighted by Gasteiger charge is -2.14. The van der Waals surface area contributed by atoms with Gasteiger partial charge in [-0.25, -0.2) is 8.78 Å². The van der Waals surface area contributed by atoms with Gasteiger partial charge in [0.25, 0.3) is 0 Å². The second kappa shape index (κ2) is 5.63. The minimum Gasteiger partial charge on any atom is -0.309 e. The van der Waals surface area contributed by atoms with Gasteiger partial charge in [-0.3, -0.25) is 9.89 Å². The number of aromatic amines is 1. The van der Waals surface area contributed by atoms with Crippen LogP contribution in [-0.2, 0) is 16.6 Å². The first kappa shape index (κ1) is 15.2. The van der Waals surface area contributed by atoms with E-state index in [1.54, 1.807) is 6.07 Å². The van der Waals surface area contributed by atoms with Crippen LogP contribution < -0.4 is 5.32 Å². The van der Waals surface area contributed by atoms with Gasteiger partial charge in [-0.05, 0) is 17.7 Å². The topological polar surface area (TPSA) is 57.8 Å². The van der Waals surface area contributed by atoms with E-state index >= 15 is 0 Å². The highest BCUT2D eigenvalue weighted by Crippen LogP contribution is 2.22. The van der Waals surface area contributed by atoms with Crippen molar-refractivity contribution < 1.29 is 13.6 Å². The van der Waals surface area contributed by atoms with E-state index in [0.717, 1.165) is 17.8 Å². The Morgan fingerprint density at radius 3 is 2.52 bits per heavy atom. The number of carbonyl (C=O) groups is 1. The highest BCUT2D eigenvalue weighted by atomic mass is 19.2. The van der Waals surface area contributed by atoms with E-state index in [2.05, 4.69) is 15.5 Å². The van der Waals surface area contributed by atoms with Crippen molar-refractivity contribution in [2.45, 2.75) is 32.6 Å². The minimum atomic E-state index is -0.963.